The lowest BCUT2D eigenvalue weighted by atomic mass is 9.94. The van der Waals surface area contributed by atoms with Crippen LogP contribution >= 0.6 is 0 Å². The van der Waals surface area contributed by atoms with E-state index in [4.69, 9.17) is 9.47 Å². The van der Waals surface area contributed by atoms with Gasteiger partial charge in [-0.25, -0.2) is 19.4 Å². The largest absolute Gasteiger partial charge is 0.447 e. The van der Waals surface area contributed by atoms with Crippen molar-refractivity contribution in [2.45, 2.75) is 59.0 Å². The molecule has 2 saturated heterocycles. The lowest BCUT2D eigenvalue weighted by Crippen LogP contribution is -2.45. The minimum Gasteiger partial charge on any atom is -0.447 e. The number of carbonyl (C=O) groups is 4. The monoisotopic (exact) mass is 552 g/mol. The highest BCUT2D eigenvalue weighted by Crippen LogP contribution is 2.23. The van der Waals surface area contributed by atoms with Gasteiger partial charge in [-0.05, 0) is 35.8 Å². The SMILES string of the molecule is CC(C)CC(=O)N1C(=O)OC[C@H]1Cc1ccccc1.CC(C)[C@@H](CO)C(=O)N1C(=O)OC[C@H]1Cc1ccccc1. The highest BCUT2D eigenvalue weighted by atomic mass is 16.6. The third-order valence-corrected chi connectivity index (χ3v) is 6.96. The molecule has 0 aromatic heterocycles. The normalized spacial score (nSPS) is 19.3. The van der Waals surface area contributed by atoms with Crippen LogP contribution in [0.2, 0.25) is 0 Å². The summed E-state index contributed by atoms with van der Waals surface area (Å²) in [4.78, 5) is 50.6. The lowest BCUT2D eigenvalue weighted by molar-refractivity contribution is -0.136. The van der Waals surface area contributed by atoms with E-state index in [1.165, 1.54) is 9.80 Å². The van der Waals surface area contributed by atoms with Crippen LogP contribution in [0.15, 0.2) is 60.7 Å². The van der Waals surface area contributed by atoms with E-state index < -0.39 is 18.1 Å². The first-order valence-electron chi connectivity index (χ1n) is 13.8. The molecule has 0 spiro atoms. The fourth-order valence-corrected chi connectivity index (χ4v) is 4.77. The van der Waals surface area contributed by atoms with Gasteiger partial charge in [-0.15, -0.1) is 0 Å². The van der Waals surface area contributed by atoms with Crippen molar-refractivity contribution < 1.29 is 33.8 Å². The van der Waals surface area contributed by atoms with Gasteiger partial charge in [-0.3, -0.25) is 9.59 Å². The van der Waals surface area contributed by atoms with Crippen LogP contribution in [0.5, 0.6) is 0 Å². The maximum atomic E-state index is 12.5. The van der Waals surface area contributed by atoms with Gasteiger partial charge in [0, 0.05) is 6.42 Å². The van der Waals surface area contributed by atoms with Crippen molar-refractivity contribution in [2.75, 3.05) is 19.8 Å². The Labute approximate surface area is 236 Å². The fraction of sp³-hybridized carbons (Fsp3) is 0.484. The molecule has 0 saturated carbocycles. The van der Waals surface area contributed by atoms with E-state index in [-0.39, 0.29) is 55.6 Å². The van der Waals surface area contributed by atoms with Crippen molar-refractivity contribution in [3.63, 3.8) is 0 Å². The number of benzene rings is 2. The second-order valence-electron chi connectivity index (χ2n) is 10.9. The molecule has 4 amide bonds. The van der Waals surface area contributed by atoms with E-state index in [1.807, 2.05) is 88.4 Å². The number of nitrogens with zero attached hydrogens (tertiary/aromatic N) is 2. The summed E-state index contributed by atoms with van der Waals surface area (Å²) >= 11 is 0. The maximum absolute atomic E-state index is 12.5. The van der Waals surface area contributed by atoms with E-state index in [0.717, 1.165) is 11.1 Å². The molecule has 4 rings (SSSR count). The van der Waals surface area contributed by atoms with Crippen molar-refractivity contribution in [1.29, 1.82) is 0 Å². The van der Waals surface area contributed by atoms with Crippen LogP contribution in [0.4, 0.5) is 9.59 Å². The van der Waals surface area contributed by atoms with Crippen molar-refractivity contribution in [3.8, 4) is 0 Å². The molecule has 2 aromatic rings. The third kappa shape index (κ3) is 8.14. The topological polar surface area (TPSA) is 113 Å². The fourth-order valence-electron chi connectivity index (χ4n) is 4.77. The second kappa shape index (κ2) is 14.6. The molecule has 0 radical (unpaired) electrons. The number of aliphatic hydroxyl groups excluding tert-OH is 1. The zero-order valence-electron chi connectivity index (χ0n) is 23.7. The summed E-state index contributed by atoms with van der Waals surface area (Å²) in [5.41, 5.74) is 2.15. The Morgan fingerprint density at radius 2 is 1.25 bits per heavy atom. The zero-order valence-corrected chi connectivity index (χ0v) is 23.7. The number of hydrogen-bond donors (Lipinski definition) is 1. The standard InChI is InChI=1S/C16H21NO4.C15H19NO3/c1-11(2)14(9-18)15(19)17-13(10-21-16(17)20)8-12-6-4-3-5-7-12;1-11(2)8-14(17)16-13(10-19-15(16)18)9-12-6-4-3-5-7-12/h3-7,11,13-14,18H,8-10H2,1-2H3;3-7,11,13H,8-10H2,1-2H3/t13-,14-;13-/m11/s1. The van der Waals surface area contributed by atoms with Crippen molar-refractivity contribution >= 4 is 24.0 Å². The van der Waals surface area contributed by atoms with Gasteiger partial charge in [0.1, 0.15) is 13.2 Å². The molecule has 40 heavy (non-hydrogen) atoms. The summed E-state index contributed by atoms with van der Waals surface area (Å²) < 4.78 is 10.0. The molecule has 2 aliphatic rings. The molecule has 2 heterocycles. The lowest BCUT2D eigenvalue weighted by Gasteiger charge is -2.25. The minimum atomic E-state index is -0.611. The Balaban J connectivity index is 0.000000222. The predicted octanol–water partition coefficient (Wildman–Crippen LogP) is 4.46. The summed E-state index contributed by atoms with van der Waals surface area (Å²) in [6.45, 7) is 7.86. The summed E-state index contributed by atoms with van der Waals surface area (Å²) in [6.07, 6.45) is 0.470. The first-order chi connectivity index (χ1) is 19.1. The average molecular weight is 553 g/mol. The molecule has 2 aromatic carbocycles. The number of carbonyl (C=O) groups excluding carboxylic acids is 4. The third-order valence-electron chi connectivity index (χ3n) is 6.96. The van der Waals surface area contributed by atoms with Gasteiger partial charge in [-0.1, -0.05) is 88.4 Å². The Morgan fingerprint density at radius 3 is 1.68 bits per heavy atom. The van der Waals surface area contributed by atoms with Crippen LogP contribution in [-0.2, 0) is 31.9 Å². The van der Waals surface area contributed by atoms with Gasteiger partial charge in [0.15, 0.2) is 0 Å². The van der Waals surface area contributed by atoms with Crippen LogP contribution in [-0.4, -0.2) is 70.8 Å². The second-order valence-corrected chi connectivity index (χ2v) is 10.9. The molecule has 1 N–H and O–H groups in total. The summed E-state index contributed by atoms with van der Waals surface area (Å²) in [5, 5.41) is 9.39. The number of aliphatic hydroxyl groups is 1. The molecule has 2 fully saturated rings. The highest BCUT2D eigenvalue weighted by Gasteiger charge is 2.41. The number of imide groups is 2. The van der Waals surface area contributed by atoms with E-state index in [2.05, 4.69) is 0 Å². The maximum Gasteiger partial charge on any atom is 0.416 e. The summed E-state index contributed by atoms with van der Waals surface area (Å²) in [5.74, 6) is -0.866. The van der Waals surface area contributed by atoms with Gasteiger partial charge < -0.3 is 14.6 Å². The first-order valence-corrected chi connectivity index (χ1v) is 13.8. The zero-order chi connectivity index (χ0) is 29.2. The van der Waals surface area contributed by atoms with E-state index in [1.54, 1.807) is 0 Å². The van der Waals surface area contributed by atoms with E-state index in [0.29, 0.717) is 19.3 Å². The first kappa shape index (κ1) is 30.8. The van der Waals surface area contributed by atoms with Crippen LogP contribution in [0.25, 0.3) is 0 Å². The minimum absolute atomic E-state index is 0.0340. The molecular weight excluding hydrogens is 512 g/mol. The average Bonchev–Trinajstić information content (AvgIpc) is 3.46. The Morgan fingerprint density at radius 1 is 0.800 bits per heavy atom. The van der Waals surface area contributed by atoms with E-state index in [9.17, 15) is 24.3 Å². The molecule has 0 aliphatic carbocycles. The van der Waals surface area contributed by atoms with Gasteiger partial charge in [0.25, 0.3) is 0 Å². The van der Waals surface area contributed by atoms with Gasteiger partial charge in [-0.2, -0.15) is 0 Å². The summed E-state index contributed by atoms with van der Waals surface area (Å²) in [6, 6.07) is 19.0. The molecule has 0 bridgehead atoms. The summed E-state index contributed by atoms with van der Waals surface area (Å²) in [7, 11) is 0. The van der Waals surface area contributed by atoms with Gasteiger partial charge in [0.2, 0.25) is 11.8 Å². The molecule has 3 atom stereocenters. The Kier molecular flexibility index (Phi) is 11.3. The molecule has 0 unspecified atom stereocenters. The molecule has 9 heteroatoms. The van der Waals surface area contributed by atoms with Gasteiger partial charge in [0.05, 0.1) is 24.6 Å². The van der Waals surface area contributed by atoms with Crippen molar-refractivity contribution in [3.05, 3.63) is 71.8 Å². The van der Waals surface area contributed by atoms with E-state index >= 15 is 0 Å². The predicted molar refractivity (Wildman–Crippen MR) is 149 cm³/mol. The number of amides is 4. The van der Waals surface area contributed by atoms with Crippen molar-refractivity contribution in [1.82, 2.24) is 9.80 Å². The van der Waals surface area contributed by atoms with Crippen LogP contribution in [0.3, 0.4) is 0 Å². The van der Waals surface area contributed by atoms with Gasteiger partial charge >= 0.3 is 12.2 Å². The van der Waals surface area contributed by atoms with Crippen LogP contribution in [0.1, 0.15) is 45.2 Å². The molecule has 216 valence electrons. The quantitative estimate of drug-likeness (QED) is 0.489. The highest BCUT2D eigenvalue weighted by molar-refractivity contribution is 5.95. The Hall–Kier alpha value is -3.72. The molecular formula is C31H40N2O7. The van der Waals surface area contributed by atoms with Crippen LogP contribution in [0, 0.1) is 17.8 Å². The number of ether oxygens (including phenoxy) is 2. The number of cyclic esters (lactones) is 2. The van der Waals surface area contributed by atoms with Crippen LogP contribution < -0.4 is 0 Å². The Bertz CT molecular complexity index is 1140. The molecule has 9 nitrogen and oxygen atoms in total. The number of hydrogen-bond acceptors (Lipinski definition) is 7. The molecule has 2 aliphatic heterocycles. The smallest absolute Gasteiger partial charge is 0.416 e. The number of rotatable bonds is 9. The van der Waals surface area contributed by atoms with Crippen molar-refractivity contribution in [2.24, 2.45) is 17.8 Å².